The molecule has 0 saturated carbocycles. The molecule has 21 heavy (non-hydrogen) atoms. The molecule has 0 saturated heterocycles. The number of aromatic nitrogens is 2. The molecule has 0 radical (unpaired) electrons. The van der Waals surface area contributed by atoms with Crippen LogP contribution in [-0.2, 0) is 24.2 Å². The molecule has 0 amide bonds. The number of aryl methyl sites for hydroxylation is 2. The van der Waals surface area contributed by atoms with Crippen molar-refractivity contribution in [2.75, 3.05) is 0 Å². The molecule has 0 aromatic carbocycles. The summed E-state index contributed by atoms with van der Waals surface area (Å²) in [7, 11) is 0. The topological polar surface area (TPSA) is 72.2 Å². The highest BCUT2D eigenvalue weighted by Gasteiger charge is 2.15. The van der Waals surface area contributed by atoms with Gasteiger partial charge in [-0.3, -0.25) is 9.36 Å². The first-order chi connectivity index (χ1) is 9.93. The SMILES string of the molecule is CCc1ccsc1Cn1c(C)c(CC(=O)O)c(C)nc1=O. The maximum absolute atomic E-state index is 12.1. The van der Waals surface area contributed by atoms with Gasteiger partial charge >= 0.3 is 11.7 Å². The Morgan fingerprint density at radius 1 is 1.43 bits per heavy atom. The Bertz CT molecular complexity index is 731. The van der Waals surface area contributed by atoms with Gasteiger partial charge in [-0.15, -0.1) is 11.3 Å². The predicted octanol–water partition coefficient (Wildman–Crippen LogP) is 2.16. The van der Waals surface area contributed by atoms with Gasteiger partial charge in [0.1, 0.15) is 0 Å². The number of carboxylic acids is 1. The number of hydrogen-bond acceptors (Lipinski definition) is 4. The van der Waals surface area contributed by atoms with Crippen molar-refractivity contribution in [3.05, 3.63) is 49.3 Å². The molecule has 0 aliphatic rings. The molecule has 0 bridgehead atoms. The lowest BCUT2D eigenvalue weighted by atomic mass is 10.1. The van der Waals surface area contributed by atoms with E-state index in [2.05, 4.69) is 18.0 Å². The summed E-state index contributed by atoms with van der Waals surface area (Å²) < 4.78 is 1.57. The van der Waals surface area contributed by atoms with Crippen molar-refractivity contribution in [2.45, 2.75) is 40.2 Å². The summed E-state index contributed by atoms with van der Waals surface area (Å²) >= 11 is 1.61. The van der Waals surface area contributed by atoms with Crippen LogP contribution in [0.1, 0.15) is 34.3 Å². The standard InChI is InChI=1S/C15H18N2O3S/c1-4-11-5-6-21-13(11)8-17-10(3)12(7-14(18)19)9(2)16-15(17)20/h5-6H,4,7-8H2,1-3H3,(H,18,19). The summed E-state index contributed by atoms with van der Waals surface area (Å²) in [4.78, 5) is 28.2. The molecule has 1 N–H and O–H groups in total. The van der Waals surface area contributed by atoms with Crippen molar-refractivity contribution < 1.29 is 9.90 Å². The molecule has 0 aliphatic carbocycles. The molecule has 112 valence electrons. The summed E-state index contributed by atoms with van der Waals surface area (Å²) in [5.74, 6) is -0.918. The van der Waals surface area contributed by atoms with E-state index in [1.807, 2.05) is 5.38 Å². The van der Waals surface area contributed by atoms with Crippen molar-refractivity contribution in [1.82, 2.24) is 9.55 Å². The van der Waals surface area contributed by atoms with Crippen LogP contribution in [0.3, 0.4) is 0 Å². The summed E-state index contributed by atoms with van der Waals surface area (Å²) in [5.41, 5.74) is 2.70. The fraction of sp³-hybridized carbons (Fsp3) is 0.400. The highest BCUT2D eigenvalue weighted by Crippen LogP contribution is 2.20. The second kappa shape index (κ2) is 6.22. The fourth-order valence-corrected chi connectivity index (χ4v) is 3.36. The molecule has 2 aromatic rings. The Balaban J connectivity index is 2.48. The van der Waals surface area contributed by atoms with Crippen LogP contribution in [0, 0.1) is 13.8 Å². The molecule has 0 unspecified atom stereocenters. The Labute approximate surface area is 126 Å². The first-order valence-corrected chi connectivity index (χ1v) is 7.66. The second-order valence-corrected chi connectivity index (χ2v) is 5.92. The number of rotatable bonds is 5. The van der Waals surface area contributed by atoms with E-state index in [1.165, 1.54) is 5.56 Å². The number of thiophene rings is 1. The minimum atomic E-state index is -0.918. The monoisotopic (exact) mass is 306 g/mol. The van der Waals surface area contributed by atoms with E-state index in [-0.39, 0.29) is 12.1 Å². The Hall–Kier alpha value is -1.95. The molecule has 5 nitrogen and oxygen atoms in total. The van der Waals surface area contributed by atoms with E-state index in [0.29, 0.717) is 23.5 Å². The van der Waals surface area contributed by atoms with Crippen LogP contribution in [0.5, 0.6) is 0 Å². The number of aliphatic carboxylic acids is 1. The average Bonchev–Trinajstić information content (AvgIpc) is 2.86. The van der Waals surface area contributed by atoms with Crippen LogP contribution in [0.4, 0.5) is 0 Å². The lowest BCUT2D eigenvalue weighted by Gasteiger charge is -2.14. The third-order valence-corrected chi connectivity index (χ3v) is 4.57. The second-order valence-electron chi connectivity index (χ2n) is 4.92. The van der Waals surface area contributed by atoms with Crippen LogP contribution < -0.4 is 5.69 Å². The van der Waals surface area contributed by atoms with Gasteiger partial charge < -0.3 is 5.11 Å². The Kier molecular flexibility index (Phi) is 4.57. The van der Waals surface area contributed by atoms with Crippen molar-refractivity contribution in [3.8, 4) is 0 Å². The van der Waals surface area contributed by atoms with E-state index < -0.39 is 5.97 Å². The van der Waals surface area contributed by atoms with E-state index in [9.17, 15) is 9.59 Å². The van der Waals surface area contributed by atoms with Gasteiger partial charge in [0, 0.05) is 21.8 Å². The van der Waals surface area contributed by atoms with Crippen molar-refractivity contribution in [3.63, 3.8) is 0 Å². The molecule has 0 aliphatic heterocycles. The quantitative estimate of drug-likeness (QED) is 0.919. The molecule has 0 fully saturated rings. The average molecular weight is 306 g/mol. The number of carboxylic acid groups (broad SMARTS) is 1. The van der Waals surface area contributed by atoms with Crippen LogP contribution in [0.15, 0.2) is 16.2 Å². The zero-order chi connectivity index (χ0) is 15.6. The molecular formula is C15H18N2O3S. The van der Waals surface area contributed by atoms with Gasteiger partial charge in [0.05, 0.1) is 13.0 Å². The molecule has 2 heterocycles. The number of hydrogen-bond donors (Lipinski definition) is 1. The van der Waals surface area contributed by atoms with E-state index >= 15 is 0 Å². The van der Waals surface area contributed by atoms with Gasteiger partial charge in [-0.1, -0.05) is 6.92 Å². The largest absolute Gasteiger partial charge is 0.481 e. The number of carbonyl (C=O) groups is 1. The van der Waals surface area contributed by atoms with Crippen LogP contribution in [-0.4, -0.2) is 20.6 Å². The van der Waals surface area contributed by atoms with E-state index in [4.69, 9.17) is 5.11 Å². The van der Waals surface area contributed by atoms with Crippen molar-refractivity contribution in [2.24, 2.45) is 0 Å². The highest BCUT2D eigenvalue weighted by molar-refractivity contribution is 7.10. The summed E-state index contributed by atoms with van der Waals surface area (Å²) in [5, 5.41) is 11.0. The minimum Gasteiger partial charge on any atom is -0.481 e. The van der Waals surface area contributed by atoms with Gasteiger partial charge in [-0.05, 0) is 37.3 Å². The normalized spacial score (nSPS) is 10.8. The van der Waals surface area contributed by atoms with Crippen molar-refractivity contribution in [1.29, 1.82) is 0 Å². The van der Waals surface area contributed by atoms with E-state index in [1.54, 1.807) is 29.8 Å². The smallest absolute Gasteiger partial charge is 0.348 e. The van der Waals surface area contributed by atoms with Gasteiger partial charge in [0.25, 0.3) is 0 Å². The van der Waals surface area contributed by atoms with Crippen molar-refractivity contribution >= 4 is 17.3 Å². The van der Waals surface area contributed by atoms with Gasteiger partial charge in [-0.2, -0.15) is 4.98 Å². The Morgan fingerprint density at radius 3 is 2.76 bits per heavy atom. The zero-order valence-electron chi connectivity index (χ0n) is 12.3. The van der Waals surface area contributed by atoms with Gasteiger partial charge in [0.15, 0.2) is 0 Å². The molecule has 2 aromatic heterocycles. The van der Waals surface area contributed by atoms with Gasteiger partial charge in [0.2, 0.25) is 0 Å². The van der Waals surface area contributed by atoms with Crippen LogP contribution in [0.25, 0.3) is 0 Å². The zero-order valence-corrected chi connectivity index (χ0v) is 13.2. The lowest BCUT2D eigenvalue weighted by molar-refractivity contribution is -0.136. The lowest BCUT2D eigenvalue weighted by Crippen LogP contribution is -2.28. The summed E-state index contributed by atoms with van der Waals surface area (Å²) in [6, 6.07) is 2.06. The third kappa shape index (κ3) is 3.21. The predicted molar refractivity (Wildman–Crippen MR) is 82.1 cm³/mol. The molecule has 2 rings (SSSR count). The third-order valence-electron chi connectivity index (χ3n) is 3.62. The highest BCUT2D eigenvalue weighted by atomic mass is 32.1. The fourth-order valence-electron chi connectivity index (χ4n) is 2.40. The molecule has 0 spiro atoms. The molecule has 6 heteroatoms. The van der Waals surface area contributed by atoms with Crippen LogP contribution in [0.2, 0.25) is 0 Å². The Morgan fingerprint density at radius 2 is 2.14 bits per heavy atom. The molecule has 0 atom stereocenters. The summed E-state index contributed by atoms with van der Waals surface area (Å²) in [6.45, 7) is 5.99. The first kappa shape index (κ1) is 15.4. The summed E-state index contributed by atoms with van der Waals surface area (Å²) in [6.07, 6.45) is 0.796. The first-order valence-electron chi connectivity index (χ1n) is 6.78. The van der Waals surface area contributed by atoms with E-state index in [0.717, 1.165) is 11.3 Å². The number of nitrogens with zero attached hydrogens (tertiary/aromatic N) is 2. The minimum absolute atomic E-state index is 0.115. The molecular weight excluding hydrogens is 288 g/mol. The van der Waals surface area contributed by atoms with Gasteiger partial charge in [-0.25, -0.2) is 4.79 Å². The van der Waals surface area contributed by atoms with Crippen LogP contribution >= 0.6 is 11.3 Å². The maximum Gasteiger partial charge on any atom is 0.348 e. The maximum atomic E-state index is 12.1.